The highest BCUT2D eigenvalue weighted by molar-refractivity contribution is 5.44. The van der Waals surface area contributed by atoms with Gasteiger partial charge in [0.15, 0.2) is 6.20 Å². The number of nitro groups is 1. The third-order valence-electron chi connectivity index (χ3n) is 0.879. The van der Waals surface area contributed by atoms with E-state index in [1.54, 1.807) is 0 Å². The predicted octanol–water partition coefficient (Wildman–Crippen LogP) is -0.0330. The van der Waals surface area contributed by atoms with Gasteiger partial charge in [0.25, 0.3) is 0 Å². The van der Waals surface area contributed by atoms with Gasteiger partial charge in [0, 0.05) is 0 Å². The molecule has 0 saturated heterocycles. The quantitative estimate of drug-likeness (QED) is 0.436. The molecular formula is C4H4N4O2. The summed E-state index contributed by atoms with van der Waals surface area (Å²) < 4.78 is 0. The molecule has 0 aliphatic heterocycles. The van der Waals surface area contributed by atoms with E-state index in [0.717, 1.165) is 0 Å². The van der Waals surface area contributed by atoms with Crippen LogP contribution in [0.15, 0.2) is 12.4 Å². The Bertz CT molecular complexity index is 261. The first kappa shape index (κ1) is 6.40. The van der Waals surface area contributed by atoms with Crippen molar-refractivity contribution in [2.24, 2.45) is 0 Å². The van der Waals surface area contributed by atoms with Gasteiger partial charge in [0.1, 0.15) is 0 Å². The molecule has 6 nitrogen and oxygen atoms in total. The molecule has 1 aromatic heterocycles. The predicted molar refractivity (Wildman–Crippen MR) is 33.1 cm³/mol. The summed E-state index contributed by atoms with van der Waals surface area (Å²) in [4.78, 5) is 16.2. The summed E-state index contributed by atoms with van der Waals surface area (Å²) in [6.45, 7) is 0. The van der Waals surface area contributed by atoms with Crippen LogP contribution in [-0.2, 0) is 0 Å². The van der Waals surface area contributed by atoms with Gasteiger partial charge >= 0.3 is 5.82 Å². The molecule has 2 N–H and O–H groups in total. The lowest BCUT2D eigenvalue weighted by Gasteiger charge is -1.91. The second-order valence-electron chi connectivity index (χ2n) is 1.52. The minimum absolute atomic E-state index is 0.160. The maximum atomic E-state index is 10.0. The normalized spacial score (nSPS) is 9.20. The molecule has 10 heavy (non-hydrogen) atoms. The van der Waals surface area contributed by atoms with Crippen molar-refractivity contribution in [3.8, 4) is 0 Å². The number of anilines is 1. The van der Waals surface area contributed by atoms with Gasteiger partial charge in [0.2, 0.25) is 5.82 Å². The second kappa shape index (κ2) is 2.26. The summed E-state index contributed by atoms with van der Waals surface area (Å²) in [5, 5.41) is 10.0. The van der Waals surface area contributed by atoms with Crippen molar-refractivity contribution in [2.45, 2.75) is 0 Å². The molecule has 0 atom stereocenters. The first-order chi connectivity index (χ1) is 4.72. The van der Waals surface area contributed by atoms with Gasteiger partial charge in [-0.05, 0) is 9.91 Å². The summed E-state index contributed by atoms with van der Waals surface area (Å²) in [5.41, 5.74) is 5.11. The third kappa shape index (κ3) is 0.993. The zero-order valence-electron chi connectivity index (χ0n) is 4.89. The molecule has 0 saturated carbocycles. The van der Waals surface area contributed by atoms with E-state index in [9.17, 15) is 10.1 Å². The van der Waals surface area contributed by atoms with Crippen molar-refractivity contribution >= 4 is 11.6 Å². The van der Waals surface area contributed by atoms with Gasteiger partial charge < -0.3 is 15.8 Å². The molecule has 1 heterocycles. The number of rotatable bonds is 1. The molecule has 0 fully saturated rings. The Morgan fingerprint density at radius 2 is 2.10 bits per heavy atom. The van der Waals surface area contributed by atoms with Crippen LogP contribution in [0.4, 0.5) is 11.6 Å². The van der Waals surface area contributed by atoms with Gasteiger partial charge in [-0.25, -0.2) is 4.98 Å². The van der Waals surface area contributed by atoms with E-state index in [1.165, 1.54) is 12.4 Å². The van der Waals surface area contributed by atoms with Crippen LogP contribution in [0, 0.1) is 10.1 Å². The van der Waals surface area contributed by atoms with Crippen molar-refractivity contribution in [1.29, 1.82) is 0 Å². The molecule has 1 rings (SSSR count). The fourth-order valence-corrected chi connectivity index (χ4v) is 0.482. The number of hydrogen-bond donors (Lipinski definition) is 1. The maximum absolute atomic E-state index is 10.0. The van der Waals surface area contributed by atoms with Crippen molar-refractivity contribution < 1.29 is 4.92 Å². The summed E-state index contributed by atoms with van der Waals surface area (Å²) in [6, 6.07) is 0. The van der Waals surface area contributed by atoms with Gasteiger partial charge in [-0.3, -0.25) is 0 Å². The molecular weight excluding hydrogens is 136 g/mol. The molecule has 52 valence electrons. The highest BCUT2D eigenvalue weighted by atomic mass is 16.6. The second-order valence-corrected chi connectivity index (χ2v) is 1.52. The lowest BCUT2D eigenvalue weighted by Crippen LogP contribution is -1.99. The standard InChI is InChI=1S/C4H4N4O2/c5-3-4(8(9)10)7-2-1-6-3/h1-2H,(H2,5,6). The van der Waals surface area contributed by atoms with Crippen LogP contribution in [0.25, 0.3) is 0 Å². The van der Waals surface area contributed by atoms with E-state index in [2.05, 4.69) is 9.97 Å². The van der Waals surface area contributed by atoms with E-state index in [0.29, 0.717) is 0 Å². The number of aromatic nitrogens is 2. The Kier molecular flexibility index (Phi) is 1.44. The zero-order valence-corrected chi connectivity index (χ0v) is 4.89. The Hall–Kier alpha value is -1.72. The van der Waals surface area contributed by atoms with Gasteiger partial charge in [-0.1, -0.05) is 0 Å². The summed E-state index contributed by atoms with van der Waals surface area (Å²) in [5.74, 6) is -0.560. The first-order valence-electron chi connectivity index (χ1n) is 2.42. The summed E-state index contributed by atoms with van der Waals surface area (Å²) in [7, 11) is 0. The zero-order chi connectivity index (χ0) is 7.56. The first-order valence-corrected chi connectivity index (χ1v) is 2.42. The van der Waals surface area contributed by atoms with Crippen molar-refractivity contribution in [3.63, 3.8) is 0 Å². The van der Waals surface area contributed by atoms with Crippen molar-refractivity contribution in [3.05, 3.63) is 22.5 Å². The van der Waals surface area contributed by atoms with E-state index >= 15 is 0 Å². The fourth-order valence-electron chi connectivity index (χ4n) is 0.482. The minimum Gasteiger partial charge on any atom is -0.377 e. The third-order valence-corrected chi connectivity index (χ3v) is 0.879. The highest BCUT2D eigenvalue weighted by Gasteiger charge is 2.10. The molecule has 6 heteroatoms. The van der Waals surface area contributed by atoms with Gasteiger partial charge in [-0.15, -0.1) is 0 Å². The van der Waals surface area contributed by atoms with Crippen LogP contribution in [0.2, 0.25) is 0 Å². The molecule has 0 unspecified atom stereocenters. The lowest BCUT2D eigenvalue weighted by molar-refractivity contribution is -0.388. The molecule has 0 spiro atoms. The van der Waals surface area contributed by atoms with Crippen LogP contribution in [0.1, 0.15) is 0 Å². The van der Waals surface area contributed by atoms with Crippen molar-refractivity contribution in [1.82, 2.24) is 9.97 Å². The molecule has 0 aromatic carbocycles. The van der Waals surface area contributed by atoms with Crippen LogP contribution < -0.4 is 5.73 Å². The fraction of sp³-hybridized carbons (Fsp3) is 0. The Labute approximate surface area is 55.9 Å². The van der Waals surface area contributed by atoms with Gasteiger partial charge in [0.05, 0.1) is 6.20 Å². The van der Waals surface area contributed by atoms with E-state index < -0.39 is 10.7 Å². The van der Waals surface area contributed by atoms with Crippen LogP contribution in [0.5, 0.6) is 0 Å². The molecule has 0 radical (unpaired) electrons. The van der Waals surface area contributed by atoms with Crippen LogP contribution >= 0.6 is 0 Å². The number of hydrogen-bond acceptors (Lipinski definition) is 5. The molecule has 0 amide bonds. The van der Waals surface area contributed by atoms with E-state index in [-0.39, 0.29) is 5.82 Å². The van der Waals surface area contributed by atoms with Crippen LogP contribution in [-0.4, -0.2) is 14.9 Å². The molecule has 0 aliphatic rings. The highest BCUT2D eigenvalue weighted by Crippen LogP contribution is 2.11. The SMILES string of the molecule is Nc1nccnc1[N+](=O)[O-]. The lowest BCUT2D eigenvalue weighted by atomic mass is 10.6. The minimum atomic E-state index is -0.678. The van der Waals surface area contributed by atoms with E-state index in [4.69, 9.17) is 5.73 Å². The average Bonchev–Trinajstić information content (AvgIpc) is 1.88. The molecule has 0 aliphatic carbocycles. The van der Waals surface area contributed by atoms with E-state index in [1.807, 2.05) is 0 Å². The smallest absolute Gasteiger partial charge is 0.377 e. The largest absolute Gasteiger partial charge is 0.406 e. The molecule has 0 bridgehead atoms. The number of nitrogens with two attached hydrogens (primary N) is 1. The Morgan fingerprint density at radius 1 is 1.50 bits per heavy atom. The summed E-state index contributed by atoms with van der Waals surface area (Å²) >= 11 is 0. The maximum Gasteiger partial charge on any atom is 0.406 e. The Balaban J connectivity index is 3.15. The number of nitrogens with zero attached hydrogens (tertiary/aromatic N) is 3. The average molecular weight is 140 g/mol. The molecule has 1 aromatic rings. The summed E-state index contributed by atoms with van der Waals surface area (Å²) in [6.07, 6.45) is 2.51. The topological polar surface area (TPSA) is 94.9 Å². The monoisotopic (exact) mass is 140 g/mol. The van der Waals surface area contributed by atoms with Crippen molar-refractivity contribution in [2.75, 3.05) is 5.73 Å². The van der Waals surface area contributed by atoms with Gasteiger partial charge in [-0.2, -0.15) is 0 Å². The number of nitrogen functional groups attached to an aromatic ring is 1. The Morgan fingerprint density at radius 3 is 2.50 bits per heavy atom. The van der Waals surface area contributed by atoms with Crippen LogP contribution in [0.3, 0.4) is 0 Å².